The zero-order valence-electron chi connectivity index (χ0n) is 11.6. The van der Waals surface area contributed by atoms with Gasteiger partial charge in [-0.25, -0.2) is 0 Å². The van der Waals surface area contributed by atoms with Gasteiger partial charge in [0, 0.05) is 18.8 Å². The molecule has 102 valence electrons. The second kappa shape index (κ2) is 4.89. The average molecular weight is 267 g/mol. The minimum absolute atomic E-state index is 0.419. The van der Waals surface area contributed by atoms with Crippen LogP contribution in [0, 0.1) is 6.92 Å². The number of fused-ring (bicyclic) bond motifs is 1. The lowest BCUT2D eigenvalue weighted by Crippen LogP contribution is -2.15. The number of aryl methyl sites for hydroxylation is 1. The molecule has 4 nitrogen and oxygen atoms in total. The Morgan fingerprint density at radius 3 is 2.60 bits per heavy atom. The van der Waals surface area contributed by atoms with Crippen LogP contribution in [0.5, 0.6) is 0 Å². The first-order chi connectivity index (χ1) is 9.61. The molecule has 0 spiro atoms. The van der Waals surface area contributed by atoms with Crippen molar-refractivity contribution in [1.82, 2.24) is 5.16 Å². The van der Waals surface area contributed by atoms with Gasteiger partial charge in [0.2, 0.25) is 0 Å². The van der Waals surface area contributed by atoms with Gasteiger partial charge in [0.05, 0.1) is 6.54 Å². The Morgan fingerprint density at radius 1 is 1.10 bits per heavy atom. The molecule has 0 saturated heterocycles. The van der Waals surface area contributed by atoms with Crippen LogP contribution in [0.1, 0.15) is 11.3 Å². The lowest BCUT2D eigenvalue weighted by atomic mass is 10.1. The summed E-state index contributed by atoms with van der Waals surface area (Å²) in [7, 11) is 2.02. The number of hydrogen-bond acceptors (Lipinski definition) is 4. The molecular formula is C16H17N3O. The number of benzene rings is 2. The van der Waals surface area contributed by atoms with Gasteiger partial charge in [-0.05, 0) is 29.8 Å². The molecular weight excluding hydrogens is 250 g/mol. The van der Waals surface area contributed by atoms with Gasteiger partial charge in [-0.1, -0.05) is 35.0 Å². The second-order valence-electron chi connectivity index (χ2n) is 5.11. The van der Waals surface area contributed by atoms with Crippen LogP contribution < -0.4 is 10.6 Å². The highest BCUT2D eigenvalue weighted by Gasteiger charge is 2.07. The molecule has 0 aliphatic carbocycles. The van der Waals surface area contributed by atoms with Gasteiger partial charge in [0.15, 0.2) is 11.6 Å². The average Bonchev–Trinajstić information content (AvgIpc) is 2.83. The zero-order chi connectivity index (χ0) is 14.1. The molecule has 0 amide bonds. The van der Waals surface area contributed by atoms with E-state index in [1.807, 2.05) is 7.05 Å². The second-order valence-corrected chi connectivity index (χ2v) is 5.11. The highest BCUT2D eigenvalue weighted by molar-refractivity contribution is 5.86. The molecule has 0 bridgehead atoms. The maximum atomic E-state index is 5.56. The predicted molar refractivity (Wildman–Crippen MR) is 81.7 cm³/mol. The lowest BCUT2D eigenvalue weighted by molar-refractivity contribution is 0.385. The Hall–Kier alpha value is -2.49. The van der Waals surface area contributed by atoms with Crippen molar-refractivity contribution < 1.29 is 4.52 Å². The number of anilines is 2. The van der Waals surface area contributed by atoms with E-state index >= 15 is 0 Å². The van der Waals surface area contributed by atoms with Crippen LogP contribution in [0.25, 0.3) is 10.8 Å². The molecule has 4 heteroatoms. The first-order valence-corrected chi connectivity index (χ1v) is 6.54. The third-order valence-electron chi connectivity index (χ3n) is 3.39. The quantitative estimate of drug-likeness (QED) is 0.790. The number of nitrogens with zero attached hydrogens (tertiary/aromatic N) is 2. The first-order valence-electron chi connectivity index (χ1n) is 6.54. The summed E-state index contributed by atoms with van der Waals surface area (Å²) in [5.74, 6) is 1.18. The summed E-state index contributed by atoms with van der Waals surface area (Å²) in [6.45, 7) is 2.75. The molecule has 0 fully saturated rings. The van der Waals surface area contributed by atoms with E-state index in [4.69, 9.17) is 10.3 Å². The molecule has 2 N–H and O–H groups in total. The van der Waals surface area contributed by atoms with Crippen molar-refractivity contribution in [2.24, 2.45) is 0 Å². The standard InChI is InChI=1S/C16H17N3O/c1-11-3-4-13-8-14(6-5-12(13)7-11)19(2)10-15-9-16(17)18-20-15/h3-9H,10H2,1-2H3,(H2,17,18). The van der Waals surface area contributed by atoms with Gasteiger partial charge in [-0.2, -0.15) is 0 Å². The number of aromatic nitrogens is 1. The minimum Gasteiger partial charge on any atom is -0.381 e. The van der Waals surface area contributed by atoms with Crippen molar-refractivity contribution >= 4 is 22.3 Å². The molecule has 3 rings (SSSR count). The molecule has 0 aliphatic rings. The normalized spacial score (nSPS) is 10.9. The monoisotopic (exact) mass is 267 g/mol. The Kier molecular flexibility index (Phi) is 3.06. The molecule has 1 aromatic heterocycles. The van der Waals surface area contributed by atoms with E-state index in [2.05, 4.69) is 53.4 Å². The van der Waals surface area contributed by atoms with Crippen LogP contribution in [0.2, 0.25) is 0 Å². The van der Waals surface area contributed by atoms with Crippen LogP contribution >= 0.6 is 0 Å². The number of rotatable bonds is 3. The first kappa shape index (κ1) is 12.5. The van der Waals surface area contributed by atoms with Gasteiger partial charge < -0.3 is 15.2 Å². The summed E-state index contributed by atoms with van der Waals surface area (Å²) in [4.78, 5) is 2.11. The van der Waals surface area contributed by atoms with Crippen molar-refractivity contribution in [2.45, 2.75) is 13.5 Å². The van der Waals surface area contributed by atoms with E-state index in [-0.39, 0.29) is 0 Å². The molecule has 0 atom stereocenters. The highest BCUT2D eigenvalue weighted by atomic mass is 16.5. The Morgan fingerprint density at radius 2 is 1.85 bits per heavy atom. The van der Waals surface area contributed by atoms with E-state index in [0.717, 1.165) is 11.4 Å². The van der Waals surface area contributed by atoms with Crippen LogP contribution in [0.4, 0.5) is 11.5 Å². The van der Waals surface area contributed by atoms with Gasteiger partial charge in [0.1, 0.15) is 0 Å². The van der Waals surface area contributed by atoms with E-state index in [1.54, 1.807) is 6.07 Å². The largest absolute Gasteiger partial charge is 0.381 e. The summed E-state index contributed by atoms with van der Waals surface area (Å²) in [5, 5.41) is 6.19. The Balaban J connectivity index is 1.87. The number of nitrogen functional groups attached to an aromatic ring is 1. The molecule has 0 aliphatic heterocycles. The number of nitrogens with two attached hydrogens (primary N) is 1. The summed E-state index contributed by atoms with van der Waals surface area (Å²) in [5.41, 5.74) is 7.97. The van der Waals surface area contributed by atoms with E-state index in [1.165, 1.54) is 16.3 Å². The van der Waals surface area contributed by atoms with Crippen molar-refractivity contribution in [2.75, 3.05) is 17.7 Å². The smallest absolute Gasteiger partial charge is 0.167 e. The number of hydrogen-bond donors (Lipinski definition) is 1. The SMILES string of the molecule is Cc1ccc2cc(N(C)Cc3cc(N)no3)ccc2c1. The van der Waals surface area contributed by atoms with E-state index < -0.39 is 0 Å². The van der Waals surface area contributed by atoms with Crippen LogP contribution in [-0.2, 0) is 6.54 Å². The molecule has 0 unspecified atom stereocenters. The Labute approximate surface area is 117 Å². The summed E-state index contributed by atoms with van der Waals surface area (Å²) >= 11 is 0. The fourth-order valence-corrected chi connectivity index (χ4v) is 2.32. The lowest BCUT2D eigenvalue weighted by Gasteiger charge is -2.18. The minimum atomic E-state index is 0.419. The van der Waals surface area contributed by atoms with Crippen molar-refractivity contribution in [3.05, 3.63) is 53.8 Å². The molecule has 0 saturated carbocycles. The highest BCUT2D eigenvalue weighted by Crippen LogP contribution is 2.23. The van der Waals surface area contributed by atoms with Gasteiger partial charge in [-0.15, -0.1) is 0 Å². The molecule has 2 aromatic carbocycles. The molecule has 0 radical (unpaired) electrons. The molecule has 3 aromatic rings. The van der Waals surface area contributed by atoms with E-state index in [9.17, 15) is 0 Å². The maximum Gasteiger partial charge on any atom is 0.167 e. The van der Waals surface area contributed by atoms with Gasteiger partial charge >= 0.3 is 0 Å². The zero-order valence-corrected chi connectivity index (χ0v) is 11.6. The summed E-state index contributed by atoms with van der Waals surface area (Å²) < 4.78 is 5.14. The summed E-state index contributed by atoms with van der Waals surface area (Å²) in [6.07, 6.45) is 0. The molecule has 20 heavy (non-hydrogen) atoms. The van der Waals surface area contributed by atoms with Gasteiger partial charge in [0.25, 0.3) is 0 Å². The molecule has 1 heterocycles. The van der Waals surface area contributed by atoms with Crippen molar-refractivity contribution in [1.29, 1.82) is 0 Å². The topological polar surface area (TPSA) is 55.3 Å². The maximum absolute atomic E-state index is 5.56. The van der Waals surface area contributed by atoms with Crippen LogP contribution in [0.15, 0.2) is 47.0 Å². The van der Waals surface area contributed by atoms with E-state index in [0.29, 0.717) is 12.4 Å². The van der Waals surface area contributed by atoms with Crippen molar-refractivity contribution in [3.8, 4) is 0 Å². The fraction of sp³-hybridized carbons (Fsp3) is 0.188. The summed E-state index contributed by atoms with van der Waals surface area (Å²) in [6, 6.07) is 14.6. The van der Waals surface area contributed by atoms with Crippen LogP contribution in [0.3, 0.4) is 0 Å². The van der Waals surface area contributed by atoms with Gasteiger partial charge in [-0.3, -0.25) is 0 Å². The predicted octanol–water partition coefficient (Wildman–Crippen LogP) is 3.35. The Bertz CT molecular complexity index is 748. The van der Waals surface area contributed by atoms with Crippen molar-refractivity contribution in [3.63, 3.8) is 0 Å². The fourth-order valence-electron chi connectivity index (χ4n) is 2.32. The third-order valence-corrected chi connectivity index (χ3v) is 3.39. The third kappa shape index (κ3) is 2.45. The van der Waals surface area contributed by atoms with Crippen LogP contribution in [-0.4, -0.2) is 12.2 Å².